The van der Waals surface area contributed by atoms with Gasteiger partial charge in [0, 0.05) is 37.1 Å². The number of nitrogens with two attached hydrogens (primary N) is 1. The van der Waals surface area contributed by atoms with E-state index in [1.807, 2.05) is 42.3 Å². The van der Waals surface area contributed by atoms with Crippen molar-refractivity contribution in [2.75, 3.05) is 12.8 Å². The van der Waals surface area contributed by atoms with Crippen LogP contribution >= 0.6 is 0 Å². The summed E-state index contributed by atoms with van der Waals surface area (Å²) in [4.78, 5) is 2.28. The number of anilines is 1. The Hall–Kier alpha value is -1.81. The summed E-state index contributed by atoms with van der Waals surface area (Å²) >= 11 is 0. The highest BCUT2D eigenvalue weighted by Crippen LogP contribution is 2.22. The summed E-state index contributed by atoms with van der Waals surface area (Å²) in [6.45, 7) is 3.06. The van der Waals surface area contributed by atoms with Crippen molar-refractivity contribution in [3.8, 4) is 0 Å². The van der Waals surface area contributed by atoms with E-state index in [-0.39, 0.29) is 0 Å². The lowest BCUT2D eigenvalue weighted by Gasteiger charge is -2.24. The molecule has 4 nitrogen and oxygen atoms in total. The highest BCUT2D eigenvalue weighted by atomic mass is 15.2. The predicted octanol–water partition coefficient (Wildman–Crippen LogP) is 2.20. The molecule has 0 radical (unpaired) electrons. The first-order valence-electron chi connectivity index (χ1n) is 6.09. The molecule has 0 aliphatic rings. The van der Waals surface area contributed by atoms with Gasteiger partial charge in [0.15, 0.2) is 0 Å². The van der Waals surface area contributed by atoms with Crippen LogP contribution in [0.4, 0.5) is 5.69 Å². The quantitative estimate of drug-likeness (QED) is 0.839. The largest absolute Gasteiger partial charge is 0.399 e. The molecule has 1 unspecified atom stereocenters. The van der Waals surface area contributed by atoms with E-state index in [0.717, 1.165) is 12.2 Å². The van der Waals surface area contributed by atoms with Gasteiger partial charge in [0.1, 0.15) is 0 Å². The average Bonchev–Trinajstić information content (AvgIpc) is 2.73. The van der Waals surface area contributed by atoms with E-state index >= 15 is 0 Å². The van der Waals surface area contributed by atoms with Crippen molar-refractivity contribution in [2.45, 2.75) is 19.5 Å². The second kappa shape index (κ2) is 5.23. The van der Waals surface area contributed by atoms with Crippen LogP contribution in [0.5, 0.6) is 0 Å². The van der Waals surface area contributed by atoms with Gasteiger partial charge in [-0.15, -0.1) is 0 Å². The molecule has 1 aromatic carbocycles. The molecule has 96 valence electrons. The Balaban J connectivity index is 2.06. The minimum absolute atomic E-state index is 0.328. The Kier molecular flexibility index (Phi) is 3.67. The summed E-state index contributed by atoms with van der Waals surface area (Å²) in [7, 11) is 4.05. The highest BCUT2D eigenvalue weighted by Gasteiger charge is 2.12. The number of hydrogen-bond donors (Lipinski definition) is 1. The van der Waals surface area contributed by atoms with Crippen molar-refractivity contribution in [1.29, 1.82) is 0 Å². The normalized spacial score (nSPS) is 12.9. The first-order valence-corrected chi connectivity index (χ1v) is 6.09. The number of benzene rings is 1. The van der Waals surface area contributed by atoms with Gasteiger partial charge in [-0.05, 0) is 31.7 Å². The Labute approximate surface area is 108 Å². The van der Waals surface area contributed by atoms with E-state index in [0.29, 0.717) is 6.04 Å². The fourth-order valence-electron chi connectivity index (χ4n) is 2.05. The van der Waals surface area contributed by atoms with Crippen molar-refractivity contribution >= 4 is 5.69 Å². The fourth-order valence-corrected chi connectivity index (χ4v) is 2.05. The molecule has 18 heavy (non-hydrogen) atoms. The first-order chi connectivity index (χ1) is 8.56. The van der Waals surface area contributed by atoms with Crippen molar-refractivity contribution in [3.05, 3.63) is 47.8 Å². The zero-order valence-corrected chi connectivity index (χ0v) is 11.2. The molecule has 0 fully saturated rings. The summed E-state index contributed by atoms with van der Waals surface area (Å²) in [5.41, 5.74) is 9.09. The third kappa shape index (κ3) is 2.90. The molecule has 0 aliphatic heterocycles. The summed E-state index contributed by atoms with van der Waals surface area (Å²) in [6.07, 6.45) is 3.95. The monoisotopic (exact) mass is 244 g/mol. The van der Waals surface area contributed by atoms with Gasteiger partial charge in [-0.25, -0.2) is 0 Å². The molecule has 1 heterocycles. The maximum absolute atomic E-state index is 5.82. The number of aryl methyl sites for hydroxylation is 1. The van der Waals surface area contributed by atoms with Gasteiger partial charge in [-0.2, -0.15) is 5.10 Å². The number of nitrogen functional groups attached to an aromatic ring is 1. The maximum Gasteiger partial charge on any atom is 0.0534 e. The number of rotatable bonds is 4. The Bertz CT molecular complexity index is 518. The van der Waals surface area contributed by atoms with Gasteiger partial charge in [-0.1, -0.05) is 12.1 Å². The third-order valence-corrected chi connectivity index (χ3v) is 3.24. The zero-order valence-electron chi connectivity index (χ0n) is 11.2. The number of aromatic nitrogens is 2. The smallest absolute Gasteiger partial charge is 0.0534 e. The van der Waals surface area contributed by atoms with Crippen LogP contribution in [0.25, 0.3) is 0 Å². The van der Waals surface area contributed by atoms with Crippen LogP contribution in [-0.4, -0.2) is 21.7 Å². The standard InChI is InChI=1S/C14H20N4/c1-11(13-5-4-6-14(15)7-13)17(2)9-12-8-16-18(3)10-12/h4-8,10-11H,9,15H2,1-3H3. The molecule has 2 rings (SSSR count). The molecule has 0 bridgehead atoms. The molecule has 4 heteroatoms. The van der Waals surface area contributed by atoms with Crippen molar-refractivity contribution in [1.82, 2.24) is 14.7 Å². The van der Waals surface area contributed by atoms with E-state index in [9.17, 15) is 0 Å². The zero-order chi connectivity index (χ0) is 13.1. The summed E-state index contributed by atoms with van der Waals surface area (Å²) < 4.78 is 1.83. The van der Waals surface area contributed by atoms with Gasteiger partial charge in [-0.3, -0.25) is 9.58 Å². The SMILES string of the molecule is CC(c1cccc(N)c1)N(C)Cc1cnn(C)c1. The van der Waals surface area contributed by atoms with Crippen LogP contribution < -0.4 is 5.73 Å². The second-order valence-electron chi connectivity index (χ2n) is 4.78. The molecule has 0 amide bonds. The Morgan fingerprint density at radius 3 is 2.83 bits per heavy atom. The van der Waals surface area contributed by atoms with E-state index in [1.54, 1.807) is 0 Å². The lowest BCUT2D eigenvalue weighted by molar-refractivity contribution is 0.253. The molecule has 0 aliphatic carbocycles. The van der Waals surface area contributed by atoms with Gasteiger partial charge in [0.25, 0.3) is 0 Å². The summed E-state index contributed by atoms with van der Waals surface area (Å²) in [6, 6.07) is 8.38. The average molecular weight is 244 g/mol. The first kappa shape index (κ1) is 12.6. The lowest BCUT2D eigenvalue weighted by atomic mass is 10.1. The molecule has 0 spiro atoms. The van der Waals surface area contributed by atoms with Crippen LogP contribution in [0, 0.1) is 0 Å². The minimum Gasteiger partial charge on any atom is -0.399 e. The minimum atomic E-state index is 0.328. The molecular formula is C14H20N4. The Morgan fingerprint density at radius 2 is 2.22 bits per heavy atom. The van der Waals surface area contributed by atoms with E-state index in [1.165, 1.54) is 11.1 Å². The molecule has 0 saturated heterocycles. The van der Waals surface area contributed by atoms with Crippen LogP contribution in [-0.2, 0) is 13.6 Å². The van der Waals surface area contributed by atoms with Gasteiger partial charge >= 0.3 is 0 Å². The van der Waals surface area contributed by atoms with Gasteiger partial charge in [0.2, 0.25) is 0 Å². The second-order valence-corrected chi connectivity index (χ2v) is 4.78. The maximum atomic E-state index is 5.82. The molecule has 1 aromatic heterocycles. The molecule has 0 saturated carbocycles. The fraction of sp³-hybridized carbons (Fsp3) is 0.357. The van der Waals surface area contributed by atoms with E-state index in [2.05, 4.69) is 30.0 Å². The lowest BCUT2D eigenvalue weighted by Crippen LogP contribution is -2.21. The summed E-state index contributed by atoms with van der Waals surface area (Å²) in [5, 5.41) is 4.19. The predicted molar refractivity (Wildman–Crippen MR) is 73.9 cm³/mol. The molecule has 2 N–H and O–H groups in total. The molecule has 1 atom stereocenters. The molecule has 2 aromatic rings. The number of nitrogens with zero attached hydrogens (tertiary/aromatic N) is 3. The van der Waals surface area contributed by atoms with Crippen molar-refractivity contribution < 1.29 is 0 Å². The summed E-state index contributed by atoms with van der Waals surface area (Å²) in [5.74, 6) is 0. The van der Waals surface area contributed by atoms with Crippen molar-refractivity contribution in [3.63, 3.8) is 0 Å². The van der Waals surface area contributed by atoms with Gasteiger partial charge in [0.05, 0.1) is 6.20 Å². The highest BCUT2D eigenvalue weighted by molar-refractivity contribution is 5.41. The van der Waals surface area contributed by atoms with Crippen LogP contribution in [0.1, 0.15) is 24.1 Å². The molecular weight excluding hydrogens is 224 g/mol. The van der Waals surface area contributed by atoms with Gasteiger partial charge < -0.3 is 5.73 Å². The van der Waals surface area contributed by atoms with Crippen LogP contribution in [0.3, 0.4) is 0 Å². The van der Waals surface area contributed by atoms with Crippen LogP contribution in [0.2, 0.25) is 0 Å². The Morgan fingerprint density at radius 1 is 1.44 bits per heavy atom. The number of hydrogen-bond acceptors (Lipinski definition) is 3. The van der Waals surface area contributed by atoms with Crippen molar-refractivity contribution in [2.24, 2.45) is 7.05 Å². The van der Waals surface area contributed by atoms with E-state index < -0.39 is 0 Å². The van der Waals surface area contributed by atoms with E-state index in [4.69, 9.17) is 5.73 Å². The topological polar surface area (TPSA) is 47.1 Å². The van der Waals surface area contributed by atoms with Crippen LogP contribution in [0.15, 0.2) is 36.7 Å². The third-order valence-electron chi connectivity index (χ3n) is 3.24.